The third-order valence-electron chi connectivity index (χ3n) is 4.53. The summed E-state index contributed by atoms with van der Waals surface area (Å²) in [6.45, 7) is 6.47. The Balaban J connectivity index is 1.75. The molecule has 0 aliphatic carbocycles. The second-order valence-electron chi connectivity index (χ2n) is 5.94. The molecule has 2 aliphatic heterocycles. The zero-order valence-electron chi connectivity index (χ0n) is 13.0. The van der Waals surface area contributed by atoms with Crippen LogP contribution in [0, 0.1) is 0 Å². The van der Waals surface area contributed by atoms with Gasteiger partial charge in [-0.15, -0.1) is 0 Å². The molecule has 0 N–H and O–H groups in total. The van der Waals surface area contributed by atoms with Gasteiger partial charge in [0, 0.05) is 56.8 Å². The van der Waals surface area contributed by atoms with Crippen LogP contribution in [0.25, 0.3) is 0 Å². The summed E-state index contributed by atoms with van der Waals surface area (Å²) in [6, 6.07) is 5.26. The first-order chi connectivity index (χ1) is 10.3. The standard InChI is InChI=1S/C16H25N3O2/c1-13-12-21-10-7-19(13)15-3-6-17-16(11-15)18(2)14-4-8-20-9-5-14/h3,6,11,13-14H,4-5,7-10,12H2,1-2H3/t13-/m0/s1. The summed E-state index contributed by atoms with van der Waals surface area (Å²) in [7, 11) is 2.14. The van der Waals surface area contributed by atoms with Crippen molar-refractivity contribution in [3.8, 4) is 0 Å². The van der Waals surface area contributed by atoms with Gasteiger partial charge in [-0.1, -0.05) is 0 Å². The molecule has 2 saturated heterocycles. The van der Waals surface area contributed by atoms with Crippen LogP contribution in [0.1, 0.15) is 19.8 Å². The summed E-state index contributed by atoms with van der Waals surface area (Å²) in [5.41, 5.74) is 1.25. The van der Waals surface area contributed by atoms with Gasteiger partial charge in [0.05, 0.1) is 13.2 Å². The molecule has 0 amide bonds. The van der Waals surface area contributed by atoms with Crippen LogP contribution in [0.15, 0.2) is 18.3 Å². The lowest BCUT2D eigenvalue weighted by Gasteiger charge is -2.36. The Labute approximate surface area is 126 Å². The lowest BCUT2D eigenvalue weighted by atomic mass is 10.1. The van der Waals surface area contributed by atoms with Crippen molar-refractivity contribution in [2.24, 2.45) is 0 Å². The lowest BCUT2D eigenvalue weighted by molar-refractivity contribution is 0.0853. The summed E-state index contributed by atoms with van der Waals surface area (Å²) < 4.78 is 11.0. The molecule has 0 spiro atoms. The van der Waals surface area contributed by atoms with Crippen molar-refractivity contribution in [3.05, 3.63) is 18.3 Å². The highest BCUT2D eigenvalue weighted by Gasteiger charge is 2.22. The number of morpholine rings is 1. The van der Waals surface area contributed by atoms with Gasteiger partial charge in [0.1, 0.15) is 5.82 Å². The zero-order chi connectivity index (χ0) is 14.7. The Hall–Kier alpha value is -1.33. The average molecular weight is 291 g/mol. The quantitative estimate of drug-likeness (QED) is 0.850. The normalized spacial score (nSPS) is 24.1. The molecule has 116 valence electrons. The van der Waals surface area contributed by atoms with Gasteiger partial charge in [-0.3, -0.25) is 0 Å². The first-order valence-corrected chi connectivity index (χ1v) is 7.87. The number of nitrogens with zero attached hydrogens (tertiary/aromatic N) is 3. The van der Waals surface area contributed by atoms with Crippen LogP contribution >= 0.6 is 0 Å². The van der Waals surface area contributed by atoms with E-state index in [2.05, 4.69) is 40.9 Å². The van der Waals surface area contributed by atoms with E-state index in [1.165, 1.54) is 5.69 Å². The number of rotatable bonds is 3. The molecule has 2 aliphatic rings. The molecule has 5 nitrogen and oxygen atoms in total. The molecule has 0 bridgehead atoms. The average Bonchev–Trinajstić information content (AvgIpc) is 2.55. The van der Waals surface area contributed by atoms with Gasteiger partial charge in [-0.2, -0.15) is 0 Å². The van der Waals surface area contributed by atoms with Crippen molar-refractivity contribution >= 4 is 11.5 Å². The van der Waals surface area contributed by atoms with E-state index in [9.17, 15) is 0 Å². The van der Waals surface area contributed by atoms with Crippen molar-refractivity contribution in [3.63, 3.8) is 0 Å². The maximum Gasteiger partial charge on any atom is 0.130 e. The second-order valence-corrected chi connectivity index (χ2v) is 5.94. The van der Waals surface area contributed by atoms with E-state index >= 15 is 0 Å². The molecule has 0 unspecified atom stereocenters. The van der Waals surface area contributed by atoms with Crippen LogP contribution in [0.2, 0.25) is 0 Å². The predicted octanol–water partition coefficient (Wildman–Crippen LogP) is 1.92. The zero-order valence-corrected chi connectivity index (χ0v) is 13.0. The molecule has 0 saturated carbocycles. The van der Waals surface area contributed by atoms with Crippen LogP contribution in [-0.2, 0) is 9.47 Å². The fourth-order valence-corrected chi connectivity index (χ4v) is 3.15. The van der Waals surface area contributed by atoms with Crippen molar-refractivity contribution < 1.29 is 9.47 Å². The minimum Gasteiger partial charge on any atom is -0.381 e. The number of pyridine rings is 1. The van der Waals surface area contributed by atoms with E-state index in [1.54, 1.807) is 0 Å². The van der Waals surface area contributed by atoms with Crippen molar-refractivity contribution in [2.45, 2.75) is 31.8 Å². The predicted molar refractivity (Wildman–Crippen MR) is 84.1 cm³/mol. The minimum atomic E-state index is 0.419. The fraction of sp³-hybridized carbons (Fsp3) is 0.688. The number of hydrogen-bond donors (Lipinski definition) is 0. The maximum absolute atomic E-state index is 5.52. The van der Waals surface area contributed by atoms with E-state index in [1.807, 2.05) is 6.20 Å². The lowest BCUT2D eigenvalue weighted by Crippen LogP contribution is -2.44. The second kappa shape index (κ2) is 6.62. The Bertz CT molecular complexity index is 463. The molecule has 0 radical (unpaired) electrons. The van der Waals surface area contributed by atoms with E-state index in [4.69, 9.17) is 9.47 Å². The summed E-state index contributed by atoms with van der Waals surface area (Å²) in [6.07, 6.45) is 4.08. The molecule has 3 rings (SSSR count). The van der Waals surface area contributed by atoms with Gasteiger partial charge in [-0.05, 0) is 25.8 Å². The van der Waals surface area contributed by atoms with Gasteiger partial charge < -0.3 is 19.3 Å². The number of ether oxygens (including phenoxy) is 2. The number of aromatic nitrogens is 1. The highest BCUT2D eigenvalue weighted by molar-refractivity contribution is 5.56. The number of anilines is 2. The van der Waals surface area contributed by atoms with Crippen molar-refractivity contribution in [1.82, 2.24) is 4.98 Å². The molecular weight excluding hydrogens is 266 g/mol. The van der Waals surface area contributed by atoms with Crippen molar-refractivity contribution in [1.29, 1.82) is 0 Å². The van der Waals surface area contributed by atoms with E-state index < -0.39 is 0 Å². The summed E-state index contributed by atoms with van der Waals surface area (Å²) in [5.74, 6) is 1.05. The van der Waals surface area contributed by atoms with Crippen molar-refractivity contribution in [2.75, 3.05) is 49.8 Å². The summed E-state index contributed by atoms with van der Waals surface area (Å²) in [4.78, 5) is 9.27. The molecule has 3 heterocycles. The molecule has 1 atom stereocenters. The number of hydrogen-bond acceptors (Lipinski definition) is 5. The maximum atomic E-state index is 5.52. The molecule has 2 fully saturated rings. The molecule has 1 aromatic heterocycles. The SMILES string of the molecule is C[C@H]1COCCN1c1ccnc(N(C)C2CCOCC2)c1. The summed E-state index contributed by atoms with van der Waals surface area (Å²) in [5, 5.41) is 0. The molecular formula is C16H25N3O2. The first kappa shape index (κ1) is 14.6. The summed E-state index contributed by atoms with van der Waals surface area (Å²) >= 11 is 0. The van der Waals surface area contributed by atoms with Gasteiger partial charge >= 0.3 is 0 Å². The van der Waals surface area contributed by atoms with Crippen LogP contribution < -0.4 is 9.80 Å². The fourth-order valence-electron chi connectivity index (χ4n) is 3.15. The van der Waals surface area contributed by atoms with Gasteiger partial charge in [0.25, 0.3) is 0 Å². The minimum absolute atomic E-state index is 0.419. The van der Waals surface area contributed by atoms with Gasteiger partial charge in [0.15, 0.2) is 0 Å². The van der Waals surface area contributed by atoms with Crippen LogP contribution in [-0.4, -0.2) is 57.1 Å². The molecule has 5 heteroatoms. The Kier molecular flexibility index (Phi) is 4.60. The Morgan fingerprint density at radius 2 is 2.05 bits per heavy atom. The van der Waals surface area contributed by atoms with Crippen LogP contribution in [0.4, 0.5) is 11.5 Å². The van der Waals surface area contributed by atoms with E-state index in [-0.39, 0.29) is 0 Å². The Morgan fingerprint density at radius 1 is 1.24 bits per heavy atom. The first-order valence-electron chi connectivity index (χ1n) is 7.87. The highest BCUT2D eigenvalue weighted by atomic mass is 16.5. The Morgan fingerprint density at radius 3 is 2.81 bits per heavy atom. The van der Waals surface area contributed by atoms with Crippen LogP contribution in [0.3, 0.4) is 0 Å². The smallest absolute Gasteiger partial charge is 0.130 e. The third kappa shape index (κ3) is 3.30. The molecule has 0 aromatic carbocycles. The van der Waals surface area contributed by atoms with E-state index in [0.717, 1.165) is 51.6 Å². The molecule has 1 aromatic rings. The third-order valence-corrected chi connectivity index (χ3v) is 4.53. The van der Waals surface area contributed by atoms with E-state index in [0.29, 0.717) is 12.1 Å². The topological polar surface area (TPSA) is 37.8 Å². The highest BCUT2D eigenvalue weighted by Crippen LogP contribution is 2.25. The van der Waals surface area contributed by atoms with Gasteiger partial charge in [-0.25, -0.2) is 4.98 Å². The largest absolute Gasteiger partial charge is 0.381 e. The monoisotopic (exact) mass is 291 g/mol. The van der Waals surface area contributed by atoms with Crippen LogP contribution in [0.5, 0.6) is 0 Å². The van der Waals surface area contributed by atoms with Gasteiger partial charge in [0.2, 0.25) is 0 Å². The molecule has 21 heavy (non-hydrogen) atoms.